The van der Waals surface area contributed by atoms with Crippen molar-refractivity contribution < 1.29 is 38.7 Å². The fourth-order valence-electron chi connectivity index (χ4n) is 2.39. The van der Waals surface area contributed by atoms with Crippen LogP contribution >= 0.6 is 0 Å². The van der Waals surface area contributed by atoms with Crippen LogP contribution in [0, 0.1) is 12.8 Å². The predicted molar refractivity (Wildman–Crippen MR) is 113 cm³/mol. The van der Waals surface area contributed by atoms with Crippen molar-refractivity contribution in [2.24, 2.45) is 5.92 Å². The molecule has 31 heavy (non-hydrogen) atoms. The SMILES string of the molecule is Cc1ccc(S(=O)(=O)[N-]C(C(=O)[O-])C(C)C)cc1.[Pd+2].c1ccc(-c2ccccn2)nc1. The molecule has 166 valence electrons. The van der Waals surface area contributed by atoms with E-state index in [4.69, 9.17) is 0 Å². The van der Waals surface area contributed by atoms with Crippen molar-refractivity contribution >= 4 is 16.0 Å². The summed E-state index contributed by atoms with van der Waals surface area (Å²) in [5, 5.41) is 10.8. The van der Waals surface area contributed by atoms with E-state index in [0.717, 1.165) is 17.0 Å². The molecule has 0 saturated heterocycles. The van der Waals surface area contributed by atoms with E-state index in [1.54, 1.807) is 38.4 Å². The second-order valence-corrected chi connectivity index (χ2v) is 8.46. The summed E-state index contributed by atoms with van der Waals surface area (Å²) in [6.45, 7) is 4.98. The molecule has 1 atom stereocenters. The monoisotopic (exact) mass is 531 g/mol. The molecule has 0 bridgehead atoms. The van der Waals surface area contributed by atoms with Gasteiger partial charge in [0.15, 0.2) is 0 Å². The van der Waals surface area contributed by atoms with Gasteiger partial charge in [-0.1, -0.05) is 55.6 Å². The van der Waals surface area contributed by atoms with Crippen LogP contribution in [0.15, 0.2) is 78.0 Å². The van der Waals surface area contributed by atoms with Crippen LogP contribution in [0.2, 0.25) is 0 Å². The molecule has 0 saturated carbocycles. The van der Waals surface area contributed by atoms with Gasteiger partial charge in [0.1, 0.15) is 10.0 Å². The number of rotatable bonds is 6. The first-order valence-corrected chi connectivity index (χ1v) is 10.7. The van der Waals surface area contributed by atoms with Gasteiger partial charge in [-0.15, -0.1) is 0 Å². The van der Waals surface area contributed by atoms with Gasteiger partial charge in [-0.3, -0.25) is 9.97 Å². The molecule has 3 rings (SSSR count). The molecule has 0 aliphatic carbocycles. The fraction of sp³-hybridized carbons (Fsp3) is 0.227. The van der Waals surface area contributed by atoms with Crippen molar-refractivity contribution in [2.45, 2.75) is 31.7 Å². The summed E-state index contributed by atoms with van der Waals surface area (Å²) >= 11 is 0. The zero-order valence-electron chi connectivity index (χ0n) is 17.3. The molecule has 0 spiro atoms. The number of carboxylic acid groups (broad SMARTS) is 1. The zero-order valence-corrected chi connectivity index (χ0v) is 19.7. The summed E-state index contributed by atoms with van der Waals surface area (Å²) in [5.41, 5.74) is 2.74. The Bertz CT molecular complexity index is 1010. The van der Waals surface area contributed by atoms with Crippen LogP contribution in [0.25, 0.3) is 16.1 Å². The molecule has 0 radical (unpaired) electrons. The number of nitrogens with zero attached hydrogens (tertiary/aromatic N) is 3. The number of pyridine rings is 2. The number of aliphatic carboxylic acids is 1. The molecule has 1 unspecified atom stereocenters. The smallest absolute Gasteiger partial charge is 0.552 e. The Morgan fingerprint density at radius 2 is 1.39 bits per heavy atom. The van der Waals surface area contributed by atoms with Crippen LogP contribution in [-0.2, 0) is 35.2 Å². The zero-order chi connectivity index (χ0) is 22.1. The number of hydrogen-bond donors (Lipinski definition) is 0. The van der Waals surface area contributed by atoms with Crippen LogP contribution in [0.4, 0.5) is 0 Å². The Balaban J connectivity index is 0.000000321. The Kier molecular flexibility index (Phi) is 10.7. The molecule has 2 heterocycles. The summed E-state index contributed by atoms with van der Waals surface area (Å²) in [7, 11) is -3.96. The van der Waals surface area contributed by atoms with Gasteiger partial charge in [0, 0.05) is 23.3 Å². The van der Waals surface area contributed by atoms with Gasteiger partial charge in [0.25, 0.3) is 0 Å². The van der Waals surface area contributed by atoms with Crippen LogP contribution in [0.1, 0.15) is 19.4 Å². The van der Waals surface area contributed by atoms with E-state index in [-0.39, 0.29) is 25.3 Å². The van der Waals surface area contributed by atoms with Crippen LogP contribution in [0.5, 0.6) is 0 Å². The molecule has 0 aliphatic heterocycles. The van der Waals surface area contributed by atoms with Crippen molar-refractivity contribution in [3.8, 4) is 11.4 Å². The van der Waals surface area contributed by atoms with Gasteiger partial charge in [-0.05, 0) is 43.3 Å². The average Bonchev–Trinajstić information content (AvgIpc) is 2.74. The second-order valence-electron chi connectivity index (χ2n) is 6.83. The summed E-state index contributed by atoms with van der Waals surface area (Å²) in [5.74, 6) is -1.93. The number of carbonyl (C=O) groups is 1. The molecule has 0 aliphatic rings. The van der Waals surface area contributed by atoms with Crippen molar-refractivity contribution in [1.29, 1.82) is 0 Å². The van der Waals surface area contributed by atoms with E-state index in [2.05, 4.69) is 14.7 Å². The van der Waals surface area contributed by atoms with E-state index in [0.29, 0.717) is 0 Å². The predicted octanol–water partition coefficient (Wildman–Crippen LogP) is 2.97. The van der Waals surface area contributed by atoms with E-state index < -0.39 is 28.0 Å². The molecule has 0 N–H and O–H groups in total. The third-order valence-electron chi connectivity index (χ3n) is 4.04. The third-order valence-corrected chi connectivity index (χ3v) is 5.41. The van der Waals surface area contributed by atoms with Gasteiger partial charge in [0.05, 0.1) is 11.4 Å². The minimum absolute atomic E-state index is 0. The Morgan fingerprint density at radius 3 is 1.74 bits per heavy atom. The maximum Gasteiger partial charge on any atom is 2.00 e. The molecule has 7 nitrogen and oxygen atoms in total. The van der Waals surface area contributed by atoms with Crippen molar-refractivity contribution in [2.75, 3.05) is 0 Å². The largest absolute Gasteiger partial charge is 2.00 e. The first kappa shape index (κ1) is 26.6. The third kappa shape index (κ3) is 8.31. The number of carbonyl (C=O) groups excluding carboxylic acids is 1. The number of hydrogen-bond acceptors (Lipinski definition) is 6. The first-order valence-electron chi connectivity index (χ1n) is 9.28. The van der Waals surface area contributed by atoms with Crippen molar-refractivity contribution in [3.63, 3.8) is 0 Å². The molecular weight excluding hydrogens is 509 g/mol. The minimum atomic E-state index is -3.96. The van der Waals surface area contributed by atoms with Gasteiger partial charge in [-0.25, -0.2) is 8.42 Å². The molecule has 1 aromatic carbocycles. The number of benzene rings is 1. The maximum absolute atomic E-state index is 11.9. The normalized spacial score (nSPS) is 11.6. The standard InChI is InChI=1S/C12H16NO4S.C10H8N2.Pd/c1-8(2)11(12(14)15)13-18(16,17)10-6-4-9(3)5-7-10;1-3-7-11-9(5-1)10-6-2-4-8-12-10;/h4-8,11H,1-3H3,(H,14,15);1-8H;/q-1;;+2/p-1. The molecule has 0 fully saturated rings. The van der Waals surface area contributed by atoms with E-state index >= 15 is 0 Å². The van der Waals surface area contributed by atoms with Crippen LogP contribution in [0.3, 0.4) is 0 Å². The number of carboxylic acids is 1. The van der Waals surface area contributed by atoms with Gasteiger partial charge in [0.2, 0.25) is 0 Å². The Hall–Kier alpha value is -2.44. The summed E-state index contributed by atoms with van der Waals surface area (Å²) in [4.78, 5) is 19.2. The summed E-state index contributed by atoms with van der Waals surface area (Å²) in [6, 6.07) is 16.3. The van der Waals surface area contributed by atoms with E-state index in [9.17, 15) is 18.3 Å². The molecule has 9 heteroatoms. The Labute approximate surface area is 196 Å². The van der Waals surface area contributed by atoms with Gasteiger partial charge in [-0.2, -0.15) is 0 Å². The summed E-state index contributed by atoms with van der Waals surface area (Å²) < 4.78 is 27.2. The minimum Gasteiger partial charge on any atom is -0.552 e. The second kappa shape index (κ2) is 12.4. The topological polar surface area (TPSA) is 114 Å². The molecule has 2 aromatic heterocycles. The Morgan fingerprint density at radius 1 is 0.903 bits per heavy atom. The van der Waals surface area contributed by atoms with E-state index in [1.807, 2.05) is 43.3 Å². The van der Waals surface area contributed by atoms with Crippen LogP contribution in [-0.4, -0.2) is 30.4 Å². The molecular formula is C22H23N3O4PdS. The average molecular weight is 532 g/mol. The maximum atomic E-state index is 11.9. The molecule has 3 aromatic rings. The van der Waals surface area contributed by atoms with Gasteiger partial charge >= 0.3 is 20.4 Å². The van der Waals surface area contributed by atoms with Crippen molar-refractivity contribution in [1.82, 2.24) is 9.97 Å². The fourth-order valence-corrected chi connectivity index (χ4v) is 3.62. The number of sulfonamides is 1. The first-order chi connectivity index (χ1) is 14.2. The van der Waals surface area contributed by atoms with Crippen molar-refractivity contribution in [3.05, 3.63) is 83.3 Å². The molecule has 0 amide bonds. The summed E-state index contributed by atoms with van der Waals surface area (Å²) in [6.07, 6.45) is 3.54. The van der Waals surface area contributed by atoms with E-state index in [1.165, 1.54) is 12.1 Å². The quantitative estimate of drug-likeness (QED) is 0.452. The van der Waals surface area contributed by atoms with Crippen LogP contribution < -0.4 is 5.11 Å². The number of aryl methyl sites for hydroxylation is 1. The van der Waals surface area contributed by atoms with Gasteiger partial charge < -0.3 is 14.6 Å². The number of aromatic nitrogens is 2.